The normalized spacial score (nSPS) is 17.6. The highest BCUT2D eigenvalue weighted by Crippen LogP contribution is 2.47. The smallest absolute Gasteiger partial charge is 0.383 e. The lowest BCUT2D eigenvalue weighted by atomic mass is 9.74. The van der Waals surface area contributed by atoms with Gasteiger partial charge in [0.15, 0.2) is 11.5 Å². The van der Waals surface area contributed by atoms with E-state index in [1.807, 2.05) is 0 Å². The minimum Gasteiger partial charge on any atom is -0.383 e. The predicted octanol–water partition coefficient (Wildman–Crippen LogP) is 4.69. The molecule has 0 saturated heterocycles. The van der Waals surface area contributed by atoms with Gasteiger partial charge in [0.05, 0.1) is 11.3 Å². The van der Waals surface area contributed by atoms with E-state index in [4.69, 9.17) is 5.73 Å². The molecule has 4 aromatic rings. The summed E-state index contributed by atoms with van der Waals surface area (Å²) in [6.45, 7) is 1.75. The zero-order valence-electron chi connectivity index (χ0n) is 19.7. The molecule has 0 saturated carbocycles. The van der Waals surface area contributed by atoms with E-state index in [2.05, 4.69) is 25.3 Å². The first-order valence-electron chi connectivity index (χ1n) is 11.4. The second kappa shape index (κ2) is 8.67. The van der Waals surface area contributed by atoms with Gasteiger partial charge in [-0.25, -0.2) is 24.3 Å². The molecule has 198 valence electrons. The first kappa shape index (κ1) is 25.4. The van der Waals surface area contributed by atoms with Gasteiger partial charge in [-0.1, -0.05) is 19.1 Å². The van der Waals surface area contributed by atoms with Crippen molar-refractivity contribution >= 4 is 23.2 Å². The third kappa shape index (κ3) is 3.90. The van der Waals surface area contributed by atoms with Crippen LogP contribution in [0.1, 0.15) is 36.6 Å². The lowest BCUT2D eigenvalue weighted by molar-refractivity contribution is -0.284. The van der Waals surface area contributed by atoms with Gasteiger partial charge in [-0.3, -0.25) is 4.79 Å². The van der Waals surface area contributed by atoms with Crippen molar-refractivity contribution in [2.45, 2.75) is 43.7 Å². The van der Waals surface area contributed by atoms with Crippen LogP contribution < -0.4 is 11.1 Å². The summed E-state index contributed by atoms with van der Waals surface area (Å²) in [5.41, 5.74) is 5.75. The highest BCUT2D eigenvalue weighted by Gasteiger charge is 2.56. The van der Waals surface area contributed by atoms with Crippen LogP contribution in [0.3, 0.4) is 0 Å². The second-order valence-corrected chi connectivity index (χ2v) is 8.81. The lowest BCUT2D eigenvalue weighted by Gasteiger charge is -2.27. The van der Waals surface area contributed by atoms with E-state index in [-0.39, 0.29) is 46.5 Å². The molecule has 0 bridgehead atoms. The third-order valence-electron chi connectivity index (χ3n) is 6.61. The van der Waals surface area contributed by atoms with Crippen molar-refractivity contribution in [1.29, 1.82) is 0 Å². The molecule has 0 spiro atoms. The fourth-order valence-corrected chi connectivity index (χ4v) is 4.67. The van der Waals surface area contributed by atoms with Gasteiger partial charge in [0.25, 0.3) is 0 Å². The summed E-state index contributed by atoms with van der Waals surface area (Å²) in [5.74, 6) is -5.94. The Labute approximate surface area is 211 Å². The number of aromatic nitrogens is 5. The Morgan fingerprint density at radius 2 is 1.79 bits per heavy atom. The van der Waals surface area contributed by atoms with Crippen LogP contribution in [0.15, 0.2) is 42.9 Å². The molecule has 8 nitrogen and oxygen atoms in total. The summed E-state index contributed by atoms with van der Waals surface area (Å²) < 4.78 is 80.2. The van der Waals surface area contributed by atoms with Gasteiger partial charge >= 0.3 is 12.1 Å². The van der Waals surface area contributed by atoms with E-state index in [0.29, 0.717) is 5.56 Å². The molecule has 1 atom stereocenters. The summed E-state index contributed by atoms with van der Waals surface area (Å²) in [7, 11) is 0. The molecular formula is C24H19F6N7O. The number of carbonyl (C=O) groups excluding carboxylic acids is 1. The van der Waals surface area contributed by atoms with E-state index in [1.165, 1.54) is 47.3 Å². The number of fused-ring (bicyclic) bond motifs is 2. The van der Waals surface area contributed by atoms with E-state index >= 15 is 0 Å². The van der Waals surface area contributed by atoms with Crippen LogP contribution in [-0.4, -0.2) is 42.3 Å². The molecule has 5 rings (SSSR count). The Bertz CT molecular complexity index is 1550. The van der Waals surface area contributed by atoms with Crippen LogP contribution in [0.4, 0.5) is 38.0 Å². The maximum absolute atomic E-state index is 13.6. The molecule has 14 heteroatoms. The van der Waals surface area contributed by atoms with Crippen molar-refractivity contribution in [1.82, 2.24) is 24.3 Å². The zero-order valence-corrected chi connectivity index (χ0v) is 19.7. The van der Waals surface area contributed by atoms with Crippen molar-refractivity contribution in [2.75, 3.05) is 11.1 Å². The monoisotopic (exact) mass is 535 g/mol. The number of nitrogens with one attached hydrogen (secondary N) is 1. The second-order valence-electron chi connectivity index (χ2n) is 8.81. The summed E-state index contributed by atoms with van der Waals surface area (Å²) in [5, 5.41) is 2.68. The van der Waals surface area contributed by atoms with Gasteiger partial charge in [-0.05, 0) is 30.5 Å². The molecule has 0 aliphatic carbocycles. The van der Waals surface area contributed by atoms with Crippen LogP contribution in [0.5, 0.6) is 0 Å². The minimum atomic E-state index is -5.71. The summed E-state index contributed by atoms with van der Waals surface area (Å²) in [6.07, 6.45) is -3.51. The molecule has 0 fully saturated rings. The van der Waals surface area contributed by atoms with Gasteiger partial charge < -0.3 is 15.5 Å². The average Bonchev–Trinajstić information content (AvgIpc) is 3.44. The molecule has 1 unspecified atom stereocenters. The molecule has 1 aromatic carbocycles. The van der Waals surface area contributed by atoms with Gasteiger partial charge in [-0.15, -0.1) is 0 Å². The van der Waals surface area contributed by atoms with Crippen molar-refractivity contribution in [2.24, 2.45) is 0 Å². The standard InChI is InChI=1S/C24H19F6N7O/c1-2-22(12-3-5-13(25)6-4-12)16-17(31)34-18(35-19(16)36-21(22)38)15-11-37-10-9-32-20(37)14(33-15)7-8-23(26,27)24(28,29)30/h3-6,9-11H,2,7-8H2,1H3,(H3,31,34,35,36,38). The number of benzene rings is 1. The predicted molar refractivity (Wildman–Crippen MR) is 124 cm³/mol. The van der Waals surface area contributed by atoms with E-state index < -0.39 is 42.1 Å². The van der Waals surface area contributed by atoms with Crippen LogP contribution in [0.25, 0.3) is 17.2 Å². The van der Waals surface area contributed by atoms with Crippen molar-refractivity contribution in [3.63, 3.8) is 0 Å². The zero-order chi connectivity index (χ0) is 27.5. The summed E-state index contributed by atoms with van der Waals surface area (Å²) in [4.78, 5) is 30.1. The van der Waals surface area contributed by atoms with Crippen LogP contribution in [-0.2, 0) is 16.6 Å². The number of nitrogens with zero attached hydrogens (tertiary/aromatic N) is 5. The number of halogens is 6. The van der Waals surface area contributed by atoms with Crippen molar-refractivity contribution < 1.29 is 31.1 Å². The van der Waals surface area contributed by atoms with Crippen LogP contribution >= 0.6 is 0 Å². The van der Waals surface area contributed by atoms with E-state index in [1.54, 1.807) is 6.92 Å². The van der Waals surface area contributed by atoms with E-state index in [0.717, 1.165) is 0 Å². The molecule has 0 radical (unpaired) electrons. The van der Waals surface area contributed by atoms with Crippen LogP contribution in [0.2, 0.25) is 0 Å². The Balaban J connectivity index is 1.58. The Hall–Kier alpha value is -4.23. The number of imidazole rings is 1. The van der Waals surface area contributed by atoms with Gasteiger partial charge in [0, 0.05) is 25.0 Å². The maximum Gasteiger partial charge on any atom is 0.453 e. The van der Waals surface area contributed by atoms with Gasteiger partial charge in [-0.2, -0.15) is 22.0 Å². The first-order chi connectivity index (χ1) is 17.9. The minimum absolute atomic E-state index is 0.0142. The van der Waals surface area contributed by atoms with Crippen LogP contribution in [0, 0.1) is 5.82 Å². The fraction of sp³-hybridized carbons (Fsp3) is 0.292. The number of rotatable bonds is 6. The topological polar surface area (TPSA) is 111 Å². The molecule has 1 aliphatic rings. The molecular weight excluding hydrogens is 516 g/mol. The number of carbonyl (C=O) groups is 1. The molecule has 1 amide bonds. The Kier molecular flexibility index (Phi) is 5.80. The first-order valence-corrected chi connectivity index (χ1v) is 11.4. The highest BCUT2D eigenvalue weighted by molar-refractivity contribution is 6.09. The number of alkyl halides is 5. The highest BCUT2D eigenvalue weighted by atomic mass is 19.4. The largest absolute Gasteiger partial charge is 0.453 e. The van der Waals surface area contributed by atoms with Gasteiger partial charge in [0.1, 0.15) is 28.6 Å². The van der Waals surface area contributed by atoms with Crippen molar-refractivity contribution in [3.8, 4) is 11.5 Å². The lowest BCUT2D eigenvalue weighted by Crippen LogP contribution is -2.36. The molecule has 3 aromatic heterocycles. The quantitative estimate of drug-likeness (QED) is 0.347. The van der Waals surface area contributed by atoms with Gasteiger partial charge in [0.2, 0.25) is 5.91 Å². The maximum atomic E-state index is 13.6. The Morgan fingerprint density at radius 1 is 1.08 bits per heavy atom. The third-order valence-corrected chi connectivity index (χ3v) is 6.61. The summed E-state index contributed by atoms with van der Waals surface area (Å²) in [6, 6.07) is 5.38. The fourth-order valence-electron chi connectivity index (χ4n) is 4.67. The number of anilines is 2. The summed E-state index contributed by atoms with van der Waals surface area (Å²) >= 11 is 0. The number of aryl methyl sites for hydroxylation is 1. The number of amides is 1. The molecule has 1 aliphatic heterocycles. The molecule has 3 N–H and O–H groups in total. The number of hydrogen-bond donors (Lipinski definition) is 2. The van der Waals surface area contributed by atoms with Crippen molar-refractivity contribution in [3.05, 3.63) is 65.5 Å². The number of nitrogen functional groups attached to an aromatic ring is 1. The average molecular weight is 535 g/mol. The number of hydrogen-bond acceptors (Lipinski definition) is 6. The SMILES string of the molecule is CCC1(c2ccc(F)cc2)C(=O)Nc2nc(-c3cn4ccnc4c(CCC(F)(F)C(F)(F)F)n3)nc(N)c21. The molecule has 4 heterocycles. The number of nitrogens with two attached hydrogens (primary N) is 1. The molecule has 38 heavy (non-hydrogen) atoms. The Morgan fingerprint density at radius 3 is 2.45 bits per heavy atom. The van der Waals surface area contributed by atoms with E-state index in [9.17, 15) is 31.1 Å².